The summed E-state index contributed by atoms with van der Waals surface area (Å²) in [5.41, 5.74) is 1.38. The quantitative estimate of drug-likeness (QED) is 0.341. The van der Waals surface area contributed by atoms with E-state index in [-0.39, 0.29) is 23.0 Å². The highest BCUT2D eigenvalue weighted by molar-refractivity contribution is 7.92. The van der Waals surface area contributed by atoms with Crippen molar-refractivity contribution in [3.05, 3.63) is 89.7 Å². The fraction of sp³-hybridized carbons (Fsp3) is 0.355. The molecule has 0 saturated carbocycles. The van der Waals surface area contributed by atoms with Gasteiger partial charge in [0.25, 0.3) is 10.0 Å². The van der Waals surface area contributed by atoms with Gasteiger partial charge in [0.2, 0.25) is 11.8 Å². The highest BCUT2D eigenvalue weighted by atomic mass is 32.2. The predicted molar refractivity (Wildman–Crippen MR) is 158 cm³/mol. The van der Waals surface area contributed by atoms with Crippen molar-refractivity contribution in [1.29, 1.82) is 0 Å². The molecule has 0 radical (unpaired) electrons. The molecule has 2 amide bonds. The Morgan fingerprint density at radius 3 is 2.07 bits per heavy atom. The normalized spacial score (nSPS) is 12.4. The van der Waals surface area contributed by atoms with Gasteiger partial charge in [-0.3, -0.25) is 13.9 Å². The minimum absolute atomic E-state index is 0.0679. The van der Waals surface area contributed by atoms with E-state index in [1.165, 1.54) is 41.3 Å². The Morgan fingerprint density at radius 1 is 0.951 bits per heavy atom. The standard InChI is InChI=1S/C31H38FN3O5S/c1-7-40-27-16-18-28(19-17-27)41(38,39)35(26-14-12-25(32)13-15-26)21-29(36)34(20-24-10-8-22(2)9-11-24)23(3)30(37)33-31(4,5)6/h8-19,23H,7,20-21H2,1-6H3,(H,33,37)/t23-/m1/s1. The summed E-state index contributed by atoms with van der Waals surface area (Å²) < 4.78 is 47.9. The molecule has 10 heteroatoms. The molecule has 0 bridgehead atoms. The first-order valence-corrected chi connectivity index (χ1v) is 14.8. The number of halogens is 1. The summed E-state index contributed by atoms with van der Waals surface area (Å²) in [6, 6.07) is 17.3. The number of rotatable bonds is 11. The third kappa shape index (κ3) is 8.53. The van der Waals surface area contributed by atoms with Crippen LogP contribution in [0.2, 0.25) is 0 Å². The van der Waals surface area contributed by atoms with E-state index in [9.17, 15) is 22.4 Å². The third-order valence-corrected chi connectivity index (χ3v) is 8.04. The molecule has 1 atom stereocenters. The molecule has 220 valence electrons. The Bertz CT molecular complexity index is 1440. The van der Waals surface area contributed by atoms with Crippen LogP contribution in [0, 0.1) is 12.7 Å². The Morgan fingerprint density at radius 2 is 1.54 bits per heavy atom. The van der Waals surface area contributed by atoms with E-state index < -0.39 is 39.9 Å². The van der Waals surface area contributed by atoms with Gasteiger partial charge in [-0.05, 0) is 95.6 Å². The van der Waals surface area contributed by atoms with Crippen LogP contribution in [0.5, 0.6) is 5.75 Å². The molecule has 0 heterocycles. The zero-order valence-corrected chi connectivity index (χ0v) is 25.2. The first kappa shape index (κ1) is 31.6. The Labute approximate surface area is 242 Å². The Hall–Kier alpha value is -3.92. The molecule has 0 fully saturated rings. The summed E-state index contributed by atoms with van der Waals surface area (Å²) in [5, 5.41) is 2.89. The van der Waals surface area contributed by atoms with E-state index in [1.807, 2.05) is 58.9 Å². The molecule has 3 aromatic carbocycles. The van der Waals surface area contributed by atoms with Gasteiger partial charge in [0.05, 0.1) is 17.2 Å². The topological polar surface area (TPSA) is 96.0 Å². The van der Waals surface area contributed by atoms with Crippen LogP contribution in [0.1, 0.15) is 45.7 Å². The van der Waals surface area contributed by atoms with Crippen molar-refractivity contribution in [3.63, 3.8) is 0 Å². The maximum absolute atomic E-state index is 13.9. The molecule has 1 N–H and O–H groups in total. The number of benzene rings is 3. The first-order valence-electron chi connectivity index (χ1n) is 13.4. The summed E-state index contributed by atoms with van der Waals surface area (Å²) >= 11 is 0. The van der Waals surface area contributed by atoms with Crippen molar-refractivity contribution in [1.82, 2.24) is 10.2 Å². The lowest BCUT2D eigenvalue weighted by Crippen LogP contribution is -2.54. The minimum atomic E-state index is -4.27. The molecule has 3 aromatic rings. The second-order valence-electron chi connectivity index (χ2n) is 10.8. The number of carbonyl (C=O) groups is 2. The van der Waals surface area contributed by atoms with Gasteiger partial charge < -0.3 is 15.0 Å². The number of carbonyl (C=O) groups excluding carboxylic acids is 2. The number of aryl methyl sites for hydroxylation is 1. The molecule has 0 aliphatic rings. The molecule has 3 rings (SSSR count). The lowest BCUT2D eigenvalue weighted by atomic mass is 10.1. The van der Waals surface area contributed by atoms with Crippen molar-refractivity contribution >= 4 is 27.5 Å². The van der Waals surface area contributed by atoms with E-state index in [0.29, 0.717) is 12.4 Å². The van der Waals surface area contributed by atoms with Crippen molar-refractivity contribution in [2.24, 2.45) is 0 Å². The second-order valence-corrected chi connectivity index (χ2v) is 12.7. The Kier molecular flexibility index (Phi) is 10.1. The monoisotopic (exact) mass is 583 g/mol. The fourth-order valence-electron chi connectivity index (χ4n) is 4.08. The molecule has 0 aliphatic carbocycles. The average molecular weight is 584 g/mol. The van der Waals surface area contributed by atoms with Gasteiger partial charge in [0.15, 0.2) is 0 Å². The smallest absolute Gasteiger partial charge is 0.264 e. The number of anilines is 1. The van der Waals surface area contributed by atoms with Gasteiger partial charge in [0.1, 0.15) is 24.2 Å². The fourth-order valence-corrected chi connectivity index (χ4v) is 5.50. The summed E-state index contributed by atoms with van der Waals surface area (Å²) in [5.74, 6) is -1.02. The van der Waals surface area contributed by atoms with Crippen LogP contribution in [0.15, 0.2) is 77.7 Å². The number of hydrogen-bond acceptors (Lipinski definition) is 5. The van der Waals surface area contributed by atoms with Gasteiger partial charge >= 0.3 is 0 Å². The molecule has 0 unspecified atom stereocenters. The van der Waals surface area contributed by atoms with Crippen molar-refractivity contribution in [2.75, 3.05) is 17.5 Å². The second kappa shape index (κ2) is 13.2. The van der Waals surface area contributed by atoms with Crippen LogP contribution in [-0.4, -0.2) is 49.9 Å². The van der Waals surface area contributed by atoms with Gasteiger partial charge in [-0.1, -0.05) is 29.8 Å². The predicted octanol–water partition coefficient (Wildman–Crippen LogP) is 5.06. The van der Waals surface area contributed by atoms with Crippen molar-refractivity contribution in [3.8, 4) is 5.75 Å². The maximum atomic E-state index is 13.9. The number of amides is 2. The van der Waals surface area contributed by atoms with E-state index in [4.69, 9.17) is 4.74 Å². The van der Waals surface area contributed by atoms with E-state index in [2.05, 4.69) is 5.32 Å². The zero-order valence-electron chi connectivity index (χ0n) is 24.3. The van der Waals surface area contributed by atoms with Gasteiger partial charge in [-0.2, -0.15) is 0 Å². The molecule has 0 aromatic heterocycles. The van der Waals surface area contributed by atoms with Crippen LogP contribution in [0.3, 0.4) is 0 Å². The van der Waals surface area contributed by atoms with Crippen LogP contribution in [0.4, 0.5) is 10.1 Å². The van der Waals surface area contributed by atoms with Crippen LogP contribution >= 0.6 is 0 Å². The Balaban J connectivity index is 2.02. The molecule has 0 saturated heterocycles. The van der Waals surface area contributed by atoms with Crippen LogP contribution in [-0.2, 0) is 26.2 Å². The van der Waals surface area contributed by atoms with Crippen molar-refractivity contribution in [2.45, 2.75) is 64.6 Å². The largest absolute Gasteiger partial charge is 0.494 e. The molecular formula is C31H38FN3O5S. The van der Waals surface area contributed by atoms with Gasteiger partial charge in [-0.15, -0.1) is 0 Å². The SMILES string of the molecule is CCOc1ccc(S(=O)(=O)N(CC(=O)N(Cc2ccc(C)cc2)[C@H](C)C(=O)NC(C)(C)C)c2ccc(F)cc2)cc1. The maximum Gasteiger partial charge on any atom is 0.264 e. The summed E-state index contributed by atoms with van der Waals surface area (Å²) in [6.45, 7) is 10.8. The third-order valence-electron chi connectivity index (χ3n) is 6.26. The number of nitrogens with zero attached hydrogens (tertiary/aromatic N) is 2. The number of ether oxygens (including phenoxy) is 1. The molecule has 0 aliphatic heterocycles. The summed E-state index contributed by atoms with van der Waals surface area (Å²) in [7, 11) is -4.27. The molecular weight excluding hydrogens is 545 g/mol. The highest BCUT2D eigenvalue weighted by Crippen LogP contribution is 2.26. The summed E-state index contributed by atoms with van der Waals surface area (Å²) in [4.78, 5) is 28.4. The van der Waals surface area contributed by atoms with E-state index in [1.54, 1.807) is 6.92 Å². The number of sulfonamides is 1. The summed E-state index contributed by atoms with van der Waals surface area (Å²) in [6.07, 6.45) is 0. The molecule has 0 spiro atoms. The number of hydrogen-bond donors (Lipinski definition) is 1. The lowest BCUT2D eigenvalue weighted by molar-refractivity contribution is -0.140. The zero-order chi connectivity index (χ0) is 30.4. The van der Waals surface area contributed by atoms with E-state index in [0.717, 1.165) is 27.6 Å². The average Bonchev–Trinajstić information content (AvgIpc) is 2.91. The van der Waals surface area contributed by atoms with Crippen LogP contribution < -0.4 is 14.4 Å². The van der Waals surface area contributed by atoms with Gasteiger partial charge in [-0.25, -0.2) is 12.8 Å². The molecule has 8 nitrogen and oxygen atoms in total. The lowest BCUT2D eigenvalue weighted by Gasteiger charge is -2.33. The van der Waals surface area contributed by atoms with Gasteiger partial charge in [0, 0.05) is 12.1 Å². The highest BCUT2D eigenvalue weighted by Gasteiger charge is 2.33. The van der Waals surface area contributed by atoms with E-state index >= 15 is 0 Å². The first-order chi connectivity index (χ1) is 19.2. The molecule has 41 heavy (non-hydrogen) atoms. The van der Waals surface area contributed by atoms with Crippen molar-refractivity contribution < 1.29 is 27.1 Å². The number of nitrogens with one attached hydrogen (secondary N) is 1. The minimum Gasteiger partial charge on any atom is -0.494 e. The van der Waals surface area contributed by atoms with Crippen LogP contribution in [0.25, 0.3) is 0 Å².